The Labute approximate surface area is 200 Å². The van der Waals surface area contributed by atoms with Crippen molar-refractivity contribution < 1.29 is 19.1 Å². The second-order valence-electron chi connectivity index (χ2n) is 8.51. The number of nitrogens with zero attached hydrogens (tertiary/aromatic N) is 2. The third-order valence-electron chi connectivity index (χ3n) is 6.27. The highest BCUT2D eigenvalue weighted by Crippen LogP contribution is 2.50. The second kappa shape index (κ2) is 9.21. The van der Waals surface area contributed by atoms with E-state index in [2.05, 4.69) is 18.7 Å². The van der Waals surface area contributed by atoms with Gasteiger partial charge < -0.3 is 19.3 Å². The first-order valence-electron chi connectivity index (χ1n) is 11.5. The molecule has 1 unspecified atom stereocenters. The Kier molecular flexibility index (Phi) is 6.33. The molecule has 1 heterocycles. The molecule has 1 aliphatic rings. The summed E-state index contributed by atoms with van der Waals surface area (Å²) in [6.45, 7) is 7.15. The Morgan fingerprint density at radius 2 is 1.65 bits per heavy atom. The third-order valence-corrected chi connectivity index (χ3v) is 6.27. The van der Waals surface area contributed by atoms with Crippen molar-refractivity contribution in [3.63, 3.8) is 0 Å². The minimum atomic E-state index is -1.26. The maximum Gasteiger partial charge on any atom is 0.340 e. The first-order chi connectivity index (χ1) is 16.3. The molecule has 34 heavy (non-hydrogen) atoms. The SMILES string of the molecule is CCN(CC)c1ccc(C2(c3cccc(N(C)C)c3)OC(=O)c3ccccc32)c(OC(C)=O)c1. The van der Waals surface area contributed by atoms with Crippen molar-refractivity contribution in [2.45, 2.75) is 26.4 Å². The van der Waals surface area contributed by atoms with Gasteiger partial charge in [-0.2, -0.15) is 0 Å². The minimum Gasteiger partial charge on any atom is -0.440 e. The molecule has 0 aromatic heterocycles. The van der Waals surface area contributed by atoms with Crippen molar-refractivity contribution in [1.82, 2.24) is 0 Å². The second-order valence-corrected chi connectivity index (χ2v) is 8.51. The van der Waals surface area contributed by atoms with Crippen molar-refractivity contribution in [3.8, 4) is 5.75 Å². The highest BCUT2D eigenvalue weighted by molar-refractivity contribution is 5.96. The molecule has 1 atom stereocenters. The number of esters is 2. The van der Waals surface area contributed by atoms with Crippen LogP contribution in [0.1, 0.15) is 47.8 Å². The fraction of sp³-hybridized carbons (Fsp3) is 0.286. The van der Waals surface area contributed by atoms with E-state index in [1.165, 1.54) is 6.92 Å². The van der Waals surface area contributed by atoms with Gasteiger partial charge in [0.25, 0.3) is 0 Å². The summed E-state index contributed by atoms with van der Waals surface area (Å²) < 4.78 is 12.0. The number of ether oxygens (including phenoxy) is 2. The predicted molar refractivity (Wildman–Crippen MR) is 134 cm³/mol. The summed E-state index contributed by atoms with van der Waals surface area (Å²) in [6.07, 6.45) is 0. The van der Waals surface area contributed by atoms with E-state index in [1.807, 2.05) is 79.7 Å². The molecule has 0 N–H and O–H groups in total. The summed E-state index contributed by atoms with van der Waals surface area (Å²) in [5, 5.41) is 0. The molecule has 176 valence electrons. The lowest BCUT2D eigenvalue weighted by Gasteiger charge is -2.33. The Hall–Kier alpha value is -3.80. The fourth-order valence-electron chi connectivity index (χ4n) is 4.62. The predicted octanol–water partition coefficient (Wildman–Crippen LogP) is 4.99. The number of cyclic esters (lactones) is 1. The Morgan fingerprint density at radius 1 is 0.912 bits per heavy atom. The van der Waals surface area contributed by atoms with E-state index in [-0.39, 0.29) is 0 Å². The van der Waals surface area contributed by atoms with Gasteiger partial charge >= 0.3 is 11.9 Å². The van der Waals surface area contributed by atoms with Crippen LogP contribution in [0.15, 0.2) is 66.7 Å². The lowest BCUT2D eigenvalue weighted by molar-refractivity contribution is -0.132. The largest absolute Gasteiger partial charge is 0.440 e. The molecule has 0 amide bonds. The zero-order valence-corrected chi connectivity index (χ0v) is 20.3. The van der Waals surface area contributed by atoms with Gasteiger partial charge in [0.15, 0.2) is 5.60 Å². The van der Waals surface area contributed by atoms with E-state index in [0.29, 0.717) is 16.9 Å². The van der Waals surface area contributed by atoms with E-state index in [9.17, 15) is 9.59 Å². The van der Waals surface area contributed by atoms with Gasteiger partial charge in [0, 0.05) is 68.2 Å². The van der Waals surface area contributed by atoms with E-state index in [1.54, 1.807) is 6.07 Å². The fourth-order valence-corrected chi connectivity index (χ4v) is 4.62. The lowest BCUT2D eigenvalue weighted by atomic mass is 9.79. The van der Waals surface area contributed by atoms with E-state index < -0.39 is 17.5 Å². The summed E-state index contributed by atoms with van der Waals surface area (Å²) in [5.41, 5.74) is 3.24. The summed E-state index contributed by atoms with van der Waals surface area (Å²) in [6, 6.07) is 21.0. The highest BCUT2D eigenvalue weighted by atomic mass is 16.6. The minimum absolute atomic E-state index is 0.372. The van der Waals surface area contributed by atoms with Gasteiger partial charge in [0.2, 0.25) is 0 Å². The van der Waals surface area contributed by atoms with Crippen LogP contribution in [0.4, 0.5) is 11.4 Å². The Morgan fingerprint density at radius 3 is 2.32 bits per heavy atom. The van der Waals surface area contributed by atoms with Crippen LogP contribution in [0.5, 0.6) is 5.75 Å². The molecule has 0 bridgehead atoms. The number of hydrogen-bond acceptors (Lipinski definition) is 6. The molecule has 4 rings (SSSR count). The summed E-state index contributed by atoms with van der Waals surface area (Å²) in [4.78, 5) is 29.4. The van der Waals surface area contributed by atoms with Crippen molar-refractivity contribution >= 4 is 23.3 Å². The molecular formula is C28H30N2O4. The maximum atomic E-state index is 13.1. The smallest absolute Gasteiger partial charge is 0.340 e. The number of carbonyl (C=O) groups is 2. The van der Waals surface area contributed by atoms with Gasteiger partial charge in [-0.25, -0.2) is 4.79 Å². The van der Waals surface area contributed by atoms with Crippen LogP contribution in [-0.4, -0.2) is 39.1 Å². The quantitative estimate of drug-likeness (QED) is 0.367. The molecule has 0 saturated heterocycles. The summed E-state index contributed by atoms with van der Waals surface area (Å²) in [5.74, 6) is -0.475. The molecule has 0 fully saturated rings. The highest BCUT2D eigenvalue weighted by Gasteiger charge is 2.50. The first kappa shape index (κ1) is 23.4. The Bertz CT molecular complexity index is 1230. The number of anilines is 2. The molecule has 6 heteroatoms. The van der Waals surface area contributed by atoms with Gasteiger partial charge in [0.05, 0.1) is 5.56 Å². The van der Waals surface area contributed by atoms with Gasteiger partial charge in [-0.1, -0.05) is 30.3 Å². The lowest BCUT2D eigenvalue weighted by Crippen LogP contribution is -2.31. The summed E-state index contributed by atoms with van der Waals surface area (Å²) >= 11 is 0. The van der Waals surface area contributed by atoms with E-state index in [0.717, 1.165) is 35.6 Å². The molecule has 0 saturated carbocycles. The topological polar surface area (TPSA) is 59.1 Å². The van der Waals surface area contributed by atoms with Gasteiger partial charge in [-0.15, -0.1) is 0 Å². The van der Waals surface area contributed by atoms with Crippen LogP contribution in [0.3, 0.4) is 0 Å². The number of rotatable bonds is 7. The molecule has 3 aromatic carbocycles. The van der Waals surface area contributed by atoms with Crippen LogP contribution in [-0.2, 0) is 15.1 Å². The standard InChI is InChI=1S/C28H30N2O4/c1-6-30(7-2)22-15-16-25(26(18-22)33-19(3)31)28(20-11-10-12-21(17-20)29(4)5)24-14-9-8-13-23(24)27(32)34-28/h8-18H,6-7H2,1-5H3. The molecule has 6 nitrogen and oxygen atoms in total. The van der Waals surface area contributed by atoms with Gasteiger partial charge in [0.1, 0.15) is 5.75 Å². The van der Waals surface area contributed by atoms with E-state index >= 15 is 0 Å². The van der Waals surface area contributed by atoms with Gasteiger partial charge in [-0.05, 0) is 44.2 Å². The van der Waals surface area contributed by atoms with E-state index in [4.69, 9.17) is 9.47 Å². The monoisotopic (exact) mass is 458 g/mol. The summed E-state index contributed by atoms with van der Waals surface area (Å²) in [7, 11) is 3.92. The third kappa shape index (κ3) is 3.89. The van der Waals surface area contributed by atoms with Crippen molar-refractivity contribution in [2.24, 2.45) is 0 Å². The molecule has 1 aliphatic heterocycles. The van der Waals surface area contributed by atoms with Gasteiger partial charge in [-0.3, -0.25) is 4.79 Å². The van der Waals surface area contributed by atoms with Crippen molar-refractivity contribution in [2.75, 3.05) is 37.0 Å². The molecule has 0 aliphatic carbocycles. The molecule has 0 spiro atoms. The van der Waals surface area contributed by atoms with Crippen LogP contribution < -0.4 is 14.5 Å². The molecule has 0 radical (unpaired) electrons. The zero-order chi connectivity index (χ0) is 24.5. The van der Waals surface area contributed by atoms with Crippen molar-refractivity contribution in [3.05, 3.63) is 89.0 Å². The van der Waals surface area contributed by atoms with Crippen LogP contribution >= 0.6 is 0 Å². The van der Waals surface area contributed by atoms with Crippen LogP contribution in [0.2, 0.25) is 0 Å². The first-order valence-corrected chi connectivity index (χ1v) is 11.5. The number of hydrogen-bond donors (Lipinski definition) is 0. The van der Waals surface area contributed by atoms with Crippen molar-refractivity contribution in [1.29, 1.82) is 0 Å². The normalized spacial score (nSPS) is 16.6. The van der Waals surface area contributed by atoms with Crippen LogP contribution in [0.25, 0.3) is 0 Å². The average Bonchev–Trinajstić information content (AvgIpc) is 3.13. The average molecular weight is 459 g/mol. The number of carbonyl (C=O) groups excluding carboxylic acids is 2. The number of fused-ring (bicyclic) bond motifs is 1. The van der Waals surface area contributed by atoms with Crippen LogP contribution in [0, 0.1) is 0 Å². The molecular weight excluding hydrogens is 428 g/mol. The molecule has 3 aromatic rings. The zero-order valence-electron chi connectivity index (χ0n) is 20.3. The Balaban J connectivity index is 2.04. The maximum absolute atomic E-state index is 13.1. The number of benzene rings is 3.